The second-order valence-corrected chi connectivity index (χ2v) is 7.67. The number of rotatable bonds is 5. The molecule has 31 heavy (non-hydrogen) atoms. The van der Waals surface area contributed by atoms with E-state index in [9.17, 15) is 9.18 Å². The second-order valence-electron chi connectivity index (χ2n) is 7.67. The number of amides is 1. The fraction of sp³-hybridized carbons (Fsp3) is 0.292. The molecule has 0 bridgehead atoms. The molecule has 160 valence electrons. The number of carbonyl (C=O) groups excluding carboxylic acids is 1. The highest BCUT2D eigenvalue weighted by molar-refractivity contribution is 6.32. The van der Waals surface area contributed by atoms with Crippen LogP contribution in [0.3, 0.4) is 0 Å². The Morgan fingerprint density at radius 3 is 2.71 bits per heavy atom. The van der Waals surface area contributed by atoms with Gasteiger partial charge in [-0.1, -0.05) is 12.1 Å². The van der Waals surface area contributed by atoms with Crippen molar-refractivity contribution in [3.05, 3.63) is 71.2 Å². The molecule has 3 aliphatic rings. The average molecular weight is 422 g/mol. The predicted octanol–water partition coefficient (Wildman–Crippen LogP) is 3.31. The van der Waals surface area contributed by atoms with Gasteiger partial charge in [0.1, 0.15) is 30.5 Å². The topological polar surface area (TPSA) is 60.0 Å². The highest BCUT2D eigenvalue weighted by Gasteiger charge is 2.30. The van der Waals surface area contributed by atoms with E-state index >= 15 is 0 Å². The Morgan fingerprint density at radius 2 is 1.90 bits per heavy atom. The third-order valence-corrected chi connectivity index (χ3v) is 5.67. The van der Waals surface area contributed by atoms with Crippen molar-refractivity contribution in [1.29, 1.82) is 0 Å². The van der Waals surface area contributed by atoms with E-state index in [0.717, 1.165) is 49.7 Å². The lowest BCUT2D eigenvalue weighted by Crippen LogP contribution is -2.38. The highest BCUT2D eigenvalue weighted by Crippen LogP contribution is 2.38. The summed E-state index contributed by atoms with van der Waals surface area (Å²) < 4.78 is 30.5. The Labute approximate surface area is 179 Å². The van der Waals surface area contributed by atoms with E-state index in [1.165, 1.54) is 12.1 Å². The lowest BCUT2D eigenvalue weighted by Gasteiger charge is -2.26. The largest absolute Gasteiger partial charge is 0.492 e. The highest BCUT2D eigenvalue weighted by atomic mass is 19.1. The number of morpholine rings is 1. The molecule has 7 heteroatoms. The molecule has 3 heterocycles. The van der Waals surface area contributed by atoms with Crippen LogP contribution < -0.4 is 10.1 Å². The van der Waals surface area contributed by atoms with E-state index in [-0.39, 0.29) is 11.7 Å². The van der Waals surface area contributed by atoms with Gasteiger partial charge in [-0.3, -0.25) is 9.69 Å². The van der Waals surface area contributed by atoms with Gasteiger partial charge in [0.15, 0.2) is 0 Å². The van der Waals surface area contributed by atoms with Gasteiger partial charge in [-0.2, -0.15) is 0 Å². The summed E-state index contributed by atoms with van der Waals surface area (Å²) in [6.45, 7) is 5.37. The molecule has 2 aromatic rings. The number of fused-ring (bicyclic) bond motifs is 1. The first kappa shape index (κ1) is 19.8. The van der Waals surface area contributed by atoms with Gasteiger partial charge >= 0.3 is 0 Å². The van der Waals surface area contributed by atoms with Crippen molar-refractivity contribution < 1.29 is 23.4 Å². The smallest absolute Gasteiger partial charge is 0.260 e. The molecule has 1 fully saturated rings. The first-order chi connectivity index (χ1) is 15.2. The minimum atomic E-state index is -0.388. The van der Waals surface area contributed by atoms with Crippen molar-refractivity contribution in [3.63, 3.8) is 0 Å². The Bertz CT molecular complexity index is 1060. The van der Waals surface area contributed by atoms with Gasteiger partial charge in [-0.15, -0.1) is 0 Å². The molecule has 2 aromatic carbocycles. The molecule has 5 rings (SSSR count). The quantitative estimate of drug-likeness (QED) is 0.750. The SMILES string of the molecule is O=C1Nc2cc(F)ccc2C1=C1C=C(c2ccc(OCCN3CCOCC3)cc2)CO1. The Hall–Kier alpha value is -3.16. The number of allylic oxidation sites excluding steroid dienone is 1. The van der Waals surface area contributed by atoms with E-state index in [0.29, 0.717) is 35.8 Å². The number of benzene rings is 2. The molecule has 0 saturated carbocycles. The molecular formula is C24H23FN2O4. The van der Waals surface area contributed by atoms with Crippen LogP contribution in [0.2, 0.25) is 0 Å². The van der Waals surface area contributed by atoms with Crippen LogP contribution >= 0.6 is 0 Å². The molecule has 0 radical (unpaired) electrons. The van der Waals surface area contributed by atoms with Crippen LogP contribution in [0.25, 0.3) is 11.1 Å². The maximum absolute atomic E-state index is 13.5. The molecule has 0 atom stereocenters. The van der Waals surface area contributed by atoms with Crippen molar-refractivity contribution in [3.8, 4) is 5.75 Å². The van der Waals surface area contributed by atoms with E-state index in [1.807, 2.05) is 30.3 Å². The van der Waals surface area contributed by atoms with E-state index < -0.39 is 0 Å². The number of carbonyl (C=O) groups is 1. The van der Waals surface area contributed by atoms with Gasteiger partial charge in [0.05, 0.1) is 24.5 Å². The molecule has 6 nitrogen and oxygen atoms in total. The Balaban J connectivity index is 1.27. The maximum atomic E-state index is 13.5. The number of halogens is 1. The minimum absolute atomic E-state index is 0.280. The van der Waals surface area contributed by atoms with Crippen LogP contribution in [0, 0.1) is 5.82 Å². The monoisotopic (exact) mass is 422 g/mol. The Morgan fingerprint density at radius 1 is 1.10 bits per heavy atom. The summed E-state index contributed by atoms with van der Waals surface area (Å²) in [5, 5.41) is 2.70. The maximum Gasteiger partial charge on any atom is 0.260 e. The van der Waals surface area contributed by atoms with Crippen molar-refractivity contribution in [2.45, 2.75) is 0 Å². The average Bonchev–Trinajstić information content (AvgIpc) is 3.38. The minimum Gasteiger partial charge on any atom is -0.492 e. The summed E-state index contributed by atoms with van der Waals surface area (Å²) in [4.78, 5) is 14.7. The number of nitrogens with one attached hydrogen (secondary N) is 1. The number of ether oxygens (including phenoxy) is 3. The van der Waals surface area contributed by atoms with Crippen LogP contribution in [0.5, 0.6) is 5.75 Å². The van der Waals surface area contributed by atoms with Crippen LogP contribution in [-0.2, 0) is 14.3 Å². The van der Waals surface area contributed by atoms with Crippen molar-refractivity contribution in [2.75, 3.05) is 51.4 Å². The van der Waals surface area contributed by atoms with Gasteiger partial charge in [-0.05, 0) is 42.0 Å². The molecule has 0 spiro atoms. The number of nitrogens with zero attached hydrogens (tertiary/aromatic N) is 1. The normalized spacial score (nSPS) is 20.8. The predicted molar refractivity (Wildman–Crippen MR) is 115 cm³/mol. The van der Waals surface area contributed by atoms with Crippen molar-refractivity contribution in [2.24, 2.45) is 0 Å². The first-order valence-corrected chi connectivity index (χ1v) is 10.4. The molecular weight excluding hydrogens is 399 g/mol. The zero-order valence-electron chi connectivity index (χ0n) is 17.0. The Kier molecular flexibility index (Phi) is 5.44. The zero-order chi connectivity index (χ0) is 21.2. The van der Waals surface area contributed by atoms with Crippen molar-refractivity contribution in [1.82, 2.24) is 4.90 Å². The van der Waals surface area contributed by atoms with Gasteiger partial charge in [0.25, 0.3) is 5.91 Å². The molecule has 3 aliphatic heterocycles. The molecule has 0 unspecified atom stereocenters. The van der Waals surface area contributed by atoms with Crippen LogP contribution in [0.4, 0.5) is 10.1 Å². The summed E-state index contributed by atoms with van der Waals surface area (Å²) in [5.74, 6) is 0.656. The summed E-state index contributed by atoms with van der Waals surface area (Å²) in [6.07, 6.45) is 1.88. The van der Waals surface area contributed by atoms with Crippen LogP contribution in [0.15, 0.2) is 54.3 Å². The van der Waals surface area contributed by atoms with E-state index in [2.05, 4.69) is 10.2 Å². The zero-order valence-corrected chi connectivity index (χ0v) is 17.0. The van der Waals surface area contributed by atoms with Gasteiger partial charge in [0.2, 0.25) is 0 Å². The fourth-order valence-corrected chi connectivity index (χ4v) is 3.98. The number of hydrogen-bond acceptors (Lipinski definition) is 5. The number of hydrogen-bond donors (Lipinski definition) is 1. The molecule has 1 amide bonds. The first-order valence-electron chi connectivity index (χ1n) is 10.4. The number of anilines is 1. The van der Waals surface area contributed by atoms with E-state index in [4.69, 9.17) is 14.2 Å². The second kappa shape index (κ2) is 8.53. The standard InChI is InChI=1S/C24H23FN2O4/c25-18-3-6-20-21(14-18)26-24(28)23(20)22-13-17(15-31-22)16-1-4-19(5-2-16)30-12-9-27-7-10-29-11-8-27/h1-6,13-14H,7-12,15H2,(H,26,28). The van der Waals surface area contributed by atoms with Gasteiger partial charge < -0.3 is 19.5 Å². The lowest BCUT2D eigenvalue weighted by atomic mass is 10.0. The van der Waals surface area contributed by atoms with E-state index in [1.54, 1.807) is 6.07 Å². The summed E-state index contributed by atoms with van der Waals surface area (Å²) >= 11 is 0. The third-order valence-electron chi connectivity index (χ3n) is 5.67. The third kappa shape index (κ3) is 4.19. The van der Waals surface area contributed by atoms with Gasteiger partial charge in [-0.25, -0.2) is 4.39 Å². The molecule has 1 N–H and O–H groups in total. The fourth-order valence-electron chi connectivity index (χ4n) is 3.98. The van der Waals surface area contributed by atoms with Crippen molar-refractivity contribution >= 4 is 22.7 Å². The molecule has 0 aliphatic carbocycles. The summed E-state index contributed by atoms with van der Waals surface area (Å²) in [7, 11) is 0. The molecule has 0 aromatic heterocycles. The summed E-state index contributed by atoms with van der Waals surface area (Å²) in [5.41, 5.74) is 3.55. The summed E-state index contributed by atoms with van der Waals surface area (Å²) in [6, 6.07) is 12.1. The lowest BCUT2D eigenvalue weighted by molar-refractivity contribution is -0.110. The van der Waals surface area contributed by atoms with Gasteiger partial charge in [0, 0.05) is 30.8 Å². The van der Waals surface area contributed by atoms with Crippen LogP contribution in [0.1, 0.15) is 11.1 Å². The van der Waals surface area contributed by atoms with Crippen LogP contribution in [-0.4, -0.2) is 56.9 Å². The molecule has 1 saturated heterocycles.